The van der Waals surface area contributed by atoms with E-state index in [1.54, 1.807) is 7.11 Å². The van der Waals surface area contributed by atoms with Gasteiger partial charge in [0.05, 0.1) is 7.11 Å². The monoisotopic (exact) mass is 228 g/mol. The summed E-state index contributed by atoms with van der Waals surface area (Å²) in [5.41, 5.74) is 2.61. The lowest BCUT2D eigenvalue weighted by molar-refractivity contribution is -0.124. The van der Waals surface area contributed by atoms with Crippen molar-refractivity contribution in [1.29, 1.82) is 0 Å². The predicted octanol–water partition coefficient (Wildman–Crippen LogP) is 3.08. The van der Waals surface area contributed by atoms with Crippen molar-refractivity contribution >= 4 is 11.4 Å². The number of ether oxygens (including phenoxy) is 1. The second kappa shape index (κ2) is 4.02. The Bertz CT molecular complexity index is 470. The second-order valence-corrected chi connectivity index (χ2v) is 4.90. The van der Waals surface area contributed by atoms with E-state index in [0.29, 0.717) is 11.7 Å². The maximum absolute atomic E-state index is 11.7. The predicted molar refractivity (Wildman–Crippen MR) is 66.8 cm³/mol. The first kappa shape index (κ1) is 10.6. The highest BCUT2D eigenvalue weighted by Crippen LogP contribution is 2.43. The molecule has 1 saturated carbocycles. The molecule has 0 aromatic heterocycles. The average molecular weight is 228 g/mol. The Labute approximate surface area is 101 Å². The number of allylic oxidation sites excluding steroid dienone is 2. The number of carbonyl (C=O) groups is 1. The molecule has 1 aromatic rings. The molecule has 2 nitrogen and oxygen atoms in total. The van der Waals surface area contributed by atoms with E-state index in [9.17, 15) is 4.79 Å². The topological polar surface area (TPSA) is 26.3 Å². The fraction of sp³-hybridized carbons (Fsp3) is 0.400. The van der Waals surface area contributed by atoms with Gasteiger partial charge >= 0.3 is 0 Å². The van der Waals surface area contributed by atoms with E-state index >= 15 is 0 Å². The molecule has 2 unspecified atom stereocenters. The third-order valence-electron chi connectivity index (χ3n) is 3.93. The number of carbonyl (C=O) groups excluding carboxylic acids is 1. The second-order valence-electron chi connectivity index (χ2n) is 4.90. The smallest absolute Gasteiger partial charge is 0.140 e. The average Bonchev–Trinajstić information content (AvgIpc) is 2.39. The Balaban J connectivity index is 1.94. The van der Waals surface area contributed by atoms with Gasteiger partial charge in [0.2, 0.25) is 0 Å². The van der Waals surface area contributed by atoms with Crippen molar-refractivity contribution in [3.63, 3.8) is 0 Å². The highest BCUT2D eigenvalue weighted by molar-refractivity contribution is 5.91. The van der Waals surface area contributed by atoms with Crippen LogP contribution in [0.25, 0.3) is 5.57 Å². The number of hydrogen-bond donors (Lipinski definition) is 0. The Morgan fingerprint density at radius 3 is 2.47 bits per heavy atom. The van der Waals surface area contributed by atoms with Crippen LogP contribution < -0.4 is 4.74 Å². The van der Waals surface area contributed by atoms with E-state index < -0.39 is 0 Å². The Hall–Kier alpha value is -1.57. The standard InChI is InChI=1S/C15H16O2/c1-17-13-6-4-10(5-7-13)14-8-12-3-2-11(14)9-15(12)16/h4-8,11-12H,2-3,9H2,1H3. The fourth-order valence-corrected chi connectivity index (χ4v) is 2.95. The largest absolute Gasteiger partial charge is 0.497 e. The van der Waals surface area contributed by atoms with Crippen LogP contribution >= 0.6 is 0 Å². The van der Waals surface area contributed by atoms with E-state index in [1.165, 1.54) is 11.1 Å². The number of fused-ring (bicyclic) bond motifs is 2. The lowest BCUT2D eigenvalue weighted by Crippen LogP contribution is -2.29. The van der Waals surface area contributed by atoms with E-state index in [4.69, 9.17) is 4.74 Å². The summed E-state index contributed by atoms with van der Waals surface area (Å²) >= 11 is 0. The maximum Gasteiger partial charge on any atom is 0.140 e. The molecular weight excluding hydrogens is 212 g/mol. The van der Waals surface area contributed by atoms with Crippen LogP contribution in [0.4, 0.5) is 0 Å². The first-order chi connectivity index (χ1) is 8.28. The number of hydrogen-bond acceptors (Lipinski definition) is 2. The molecule has 0 amide bonds. The minimum absolute atomic E-state index is 0.178. The molecule has 0 spiro atoms. The Morgan fingerprint density at radius 1 is 1.18 bits per heavy atom. The van der Waals surface area contributed by atoms with E-state index in [0.717, 1.165) is 25.0 Å². The minimum Gasteiger partial charge on any atom is -0.497 e. The van der Waals surface area contributed by atoms with Gasteiger partial charge in [-0.3, -0.25) is 4.79 Å². The van der Waals surface area contributed by atoms with Gasteiger partial charge in [0.25, 0.3) is 0 Å². The number of Topliss-reactive ketones (excluding diaryl/α,β-unsaturated/α-hetero) is 1. The summed E-state index contributed by atoms with van der Waals surface area (Å²) in [5.74, 6) is 1.93. The van der Waals surface area contributed by atoms with Crippen LogP contribution in [-0.4, -0.2) is 12.9 Å². The van der Waals surface area contributed by atoms with Gasteiger partial charge < -0.3 is 4.74 Å². The molecule has 0 saturated heterocycles. The van der Waals surface area contributed by atoms with Gasteiger partial charge in [-0.25, -0.2) is 0 Å². The molecule has 0 aliphatic heterocycles. The minimum atomic E-state index is 0.178. The molecule has 2 heteroatoms. The highest BCUT2D eigenvalue weighted by Gasteiger charge is 2.35. The van der Waals surface area contributed by atoms with Crippen molar-refractivity contribution in [1.82, 2.24) is 0 Å². The maximum atomic E-state index is 11.7. The molecular formula is C15H16O2. The summed E-state index contributed by atoms with van der Waals surface area (Å²) in [6.45, 7) is 0. The quantitative estimate of drug-likeness (QED) is 0.777. The van der Waals surface area contributed by atoms with Crippen LogP contribution in [0.2, 0.25) is 0 Å². The van der Waals surface area contributed by atoms with Crippen LogP contribution in [0, 0.1) is 11.8 Å². The van der Waals surface area contributed by atoms with Crippen molar-refractivity contribution in [3.05, 3.63) is 35.9 Å². The molecule has 1 aromatic carbocycles. The van der Waals surface area contributed by atoms with Crippen molar-refractivity contribution in [2.75, 3.05) is 7.11 Å². The SMILES string of the molecule is COc1ccc(C2=CC3CCC2CC3=O)cc1. The summed E-state index contributed by atoms with van der Waals surface area (Å²) in [6, 6.07) is 8.16. The van der Waals surface area contributed by atoms with Crippen molar-refractivity contribution in [2.24, 2.45) is 11.8 Å². The first-order valence-corrected chi connectivity index (χ1v) is 6.17. The Kier molecular flexibility index (Phi) is 2.50. The first-order valence-electron chi connectivity index (χ1n) is 6.17. The molecule has 4 rings (SSSR count). The van der Waals surface area contributed by atoms with Crippen LogP contribution in [0.3, 0.4) is 0 Å². The summed E-state index contributed by atoms with van der Waals surface area (Å²) in [6.07, 6.45) is 5.13. The molecule has 0 radical (unpaired) electrons. The van der Waals surface area contributed by atoms with Gasteiger partial charge in [-0.05, 0) is 42.0 Å². The van der Waals surface area contributed by atoms with Crippen LogP contribution in [0.5, 0.6) is 5.75 Å². The van der Waals surface area contributed by atoms with E-state index in [2.05, 4.69) is 18.2 Å². The molecule has 17 heavy (non-hydrogen) atoms. The van der Waals surface area contributed by atoms with Gasteiger partial charge in [0.15, 0.2) is 0 Å². The molecule has 3 aliphatic rings. The highest BCUT2D eigenvalue weighted by atomic mass is 16.5. The van der Waals surface area contributed by atoms with E-state index in [-0.39, 0.29) is 5.92 Å². The zero-order chi connectivity index (χ0) is 11.8. The Morgan fingerprint density at radius 2 is 1.94 bits per heavy atom. The molecule has 0 heterocycles. The van der Waals surface area contributed by atoms with E-state index in [1.807, 2.05) is 12.1 Å². The fourth-order valence-electron chi connectivity index (χ4n) is 2.95. The third kappa shape index (κ3) is 1.78. The zero-order valence-electron chi connectivity index (χ0n) is 9.98. The summed E-state index contributed by atoms with van der Waals surface area (Å²) in [7, 11) is 1.68. The lowest BCUT2D eigenvalue weighted by atomic mass is 9.69. The van der Waals surface area contributed by atoms with Gasteiger partial charge in [-0.2, -0.15) is 0 Å². The summed E-state index contributed by atoms with van der Waals surface area (Å²) < 4.78 is 5.16. The van der Waals surface area contributed by atoms with Crippen LogP contribution in [0.15, 0.2) is 30.3 Å². The van der Waals surface area contributed by atoms with Gasteiger partial charge in [0, 0.05) is 12.3 Å². The van der Waals surface area contributed by atoms with Crippen molar-refractivity contribution in [3.8, 4) is 5.75 Å². The summed E-state index contributed by atoms with van der Waals surface area (Å²) in [5, 5.41) is 0. The van der Waals surface area contributed by atoms with Gasteiger partial charge in [-0.1, -0.05) is 18.2 Å². The van der Waals surface area contributed by atoms with Gasteiger partial charge in [-0.15, -0.1) is 0 Å². The number of benzene rings is 1. The molecule has 88 valence electrons. The summed E-state index contributed by atoms with van der Waals surface area (Å²) in [4.78, 5) is 11.7. The molecule has 3 aliphatic carbocycles. The van der Waals surface area contributed by atoms with Crippen molar-refractivity contribution in [2.45, 2.75) is 19.3 Å². The van der Waals surface area contributed by atoms with Crippen LogP contribution in [-0.2, 0) is 4.79 Å². The third-order valence-corrected chi connectivity index (χ3v) is 3.93. The van der Waals surface area contributed by atoms with Crippen molar-refractivity contribution < 1.29 is 9.53 Å². The number of methoxy groups -OCH3 is 1. The van der Waals surface area contributed by atoms with Gasteiger partial charge in [0.1, 0.15) is 11.5 Å². The molecule has 1 fully saturated rings. The molecule has 2 bridgehead atoms. The number of ketones is 1. The zero-order valence-corrected chi connectivity index (χ0v) is 9.98. The molecule has 2 atom stereocenters. The van der Waals surface area contributed by atoms with Crippen LogP contribution in [0.1, 0.15) is 24.8 Å². The normalized spacial score (nSPS) is 26.9. The molecule has 0 N–H and O–H groups in total. The number of rotatable bonds is 2. The lowest BCUT2D eigenvalue weighted by Gasteiger charge is -2.34.